The first kappa shape index (κ1) is 15.7. The molecule has 0 unspecified atom stereocenters. The van der Waals surface area contributed by atoms with Crippen molar-refractivity contribution < 1.29 is 9.32 Å². The van der Waals surface area contributed by atoms with E-state index in [0.29, 0.717) is 11.3 Å². The van der Waals surface area contributed by atoms with Gasteiger partial charge in [0.15, 0.2) is 5.65 Å². The average molecular weight is 359 g/mol. The molecular formula is C20H17N5O2. The molecular weight excluding hydrogens is 342 g/mol. The Morgan fingerprint density at radius 1 is 1.26 bits per heavy atom. The Balaban J connectivity index is 1.41. The molecule has 0 aliphatic heterocycles. The van der Waals surface area contributed by atoms with Crippen LogP contribution in [0.1, 0.15) is 39.8 Å². The number of nitrogens with one attached hydrogen (secondary N) is 1. The van der Waals surface area contributed by atoms with E-state index in [1.54, 1.807) is 23.1 Å². The SMILES string of the molecule is Cc1cn2c(C(=O)N[C@@H]3CCc4cc(-c5ccon5)ccc43)cnc2cn1. The van der Waals surface area contributed by atoms with Gasteiger partial charge in [0.1, 0.15) is 17.7 Å². The predicted molar refractivity (Wildman–Crippen MR) is 98.2 cm³/mol. The molecule has 1 atom stereocenters. The summed E-state index contributed by atoms with van der Waals surface area (Å²) in [7, 11) is 0. The van der Waals surface area contributed by atoms with Crippen LogP contribution in [0.3, 0.4) is 0 Å². The Morgan fingerprint density at radius 2 is 2.19 bits per heavy atom. The lowest BCUT2D eigenvalue weighted by Crippen LogP contribution is -2.28. The summed E-state index contributed by atoms with van der Waals surface area (Å²) in [6.45, 7) is 1.89. The van der Waals surface area contributed by atoms with Crippen LogP contribution in [0.15, 0.2) is 53.6 Å². The van der Waals surface area contributed by atoms with Gasteiger partial charge in [-0.2, -0.15) is 0 Å². The van der Waals surface area contributed by atoms with E-state index in [-0.39, 0.29) is 11.9 Å². The molecule has 0 fully saturated rings. The first-order chi connectivity index (χ1) is 13.2. The van der Waals surface area contributed by atoms with Gasteiger partial charge >= 0.3 is 0 Å². The van der Waals surface area contributed by atoms with Crippen LogP contribution < -0.4 is 5.32 Å². The molecule has 1 N–H and O–H groups in total. The zero-order valence-corrected chi connectivity index (χ0v) is 14.7. The molecule has 134 valence electrons. The van der Waals surface area contributed by atoms with Crippen molar-refractivity contribution in [3.05, 3.63) is 71.6 Å². The quantitative estimate of drug-likeness (QED) is 0.607. The first-order valence-electron chi connectivity index (χ1n) is 8.83. The van der Waals surface area contributed by atoms with Crippen LogP contribution in [0.25, 0.3) is 16.9 Å². The summed E-state index contributed by atoms with van der Waals surface area (Å²) in [5.41, 5.74) is 6.25. The number of nitrogens with zero attached hydrogens (tertiary/aromatic N) is 4. The zero-order chi connectivity index (χ0) is 18.4. The predicted octanol–water partition coefficient (Wildman–Crippen LogP) is 3.11. The van der Waals surface area contributed by atoms with Crippen molar-refractivity contribution in [3.8, 4) is 11.3 Å². The molecule has 7 nitrogen and oxygen atoms in total. The molecule has 4 aromatic rings. The second-order valence-corrected chi connectivity index (χ2v) is 6.76. The first-order valence-corrected chi connectivity index (χ1v) is 8.83. The van der Waals surface area contributed by atoms with Crippen molar-refractivity contribution in [2.45, 2.75) is 25.8 Å². The summed E-state index contributed by atoms with van der Waals surface area (Å²) in [6, 6.07) is 8.05. The Hall–Kier alpha value is -3.48. The van der Waals surface area contributed by atoms with Crippen LogP contribution >= 0.6 is 0 Å². The number of rotatable bonds is 3. The summed E-state index contributed by atoms with van der Waals surface area (Å²) in [5.74, 6) is -0.133. The van der Waals surface area contributed by atoms with E-state index < -0.39 is 0 Å². The molecule has 1 aliphatic rings. The average Bonchev–Trinajstić information content (AvgIpc) is 3.41. The number of carbonyl (C=O) groups excluding carboxylic acids is 1. The Morgan fingerprint density at radius 3 is 3.04 bits per heavy atom. The summed E-state index contributed by atoms with van der Waals surface area (Å²) in [5, 5.41) is 7.14. The number of amides is 1. The fourth-order valence-electron chi connectivity index (χ4n) is 3.67. The second-order valence-electron chi connectivity index (χ2n) is 6.76. The smallest absolute Gasteiger partial charge is 0.270 e. The lowest BCUT2D eigenvalue weighted by atomic mass is 10.0. The van der Waals surface area contributed by atoms with E-state index in [1.165, 1.54) is 5.56 Å². The van der Waals surface area contributed by atoms with Gasteiger partial charge in [-0.1, -0.05) is 17.3 Å². The highest BCUT2D eigenvalue weighted by atomic mass is 16.5. The number of aromatic nitrogens is 4. The molecule has 1 aromatic carbocycles. The Labute approximate surface area is 155 Å². The molecule has 0 saturated heterocycles. The highest BCUT2D eigenvalue weighted by Crippen LogP contribution is 2.34. The topological polar surface area (TPSA) is 85.3 Å². The van der Waals surface area contributed by atoms with Crippen molar-refractivity contribution >= 4 is 11.6 Å². The zero-order valence-electron chi connectivity index (χ0n) is 14.7. The molecule has 1 aliphatic carbocycles. The maximum atomic E-state index is 12.8. The highest BCUT2D eigenvalue weighted by molar-refractivity contribution is 5.93. The molecule has 0 saturated carbocycles. The lowest BCUT2D eigenvalue weighted by Gasteiger charge is -2.14. The normalized spacial score (nSPS) is 15.8. The third-order valence-electron chi connectivity index (χ3n) is 5.02. The van der Waals surface area contributed by atoms with Crippen LogP contribution in [0.4, 0.5) is 0 Å². The van der Waals surface area contributed by atoms with Crippen molar-refractivity contribution in [3.63, 3.8) is 0 Å². The van der Waals surface area contributed by atoms with Gasteiger partial charge in [-0.15, -0.1) is 0 Å². The van der Waals surface area contributed by atoms with Gasteiger partial charge in [-0.05, 0) is 37.0 Å². The minimum Gasteiger partial charge on any atom is -0.364 e. The van der Waals surface area contributed by atoms with Gasteiger partial charge in [-0.3, -0.25) is 14.2 Å². The number of hydrogen-bond donors (Lipinski definition) is 1. The molecule has 7 heteroatoms. The van der Waals surface area contributed by atoms with Crippen LogP contribution in [-0.4, -0.2) is 25.4 Å². The van der Waals surface area contributed by atoms with E-state index in [9.17, 15) is 4.79 Å². The van der Waals surface area contributed by atoms with Gasteiger partial charge in [0, 0.05) is 17.8 Å². The van der Waals surface area contributed by atoms with Gasteiger partial charge in [0.05, 0.1) is 24.1 Å². The second kappa shape index (κ2) is 6.05. The number of aryl methyl sites for hydroxylation is 2. The van der Waals surface area contributed by atoms with Crippen LogP contribution in [0.5, 0.6) is 0 Å². The monoisotopic (exact) mass is 359 g/mol. The van der Waals surface area contributed by atoms with E-state index in [0.717, 1.165) is 35.4 Å². The summed E-state index contributed by atoms with van der Waals surface area (Å²) in [6.07, 6.45) is 8.45. The third kappa shape index (κ3) is 2.68. The number of carbonyl (C=O) groups is 1. The molecule has 5 rings (SSSR count). The number of imidazole rings is 1. The van der Waals surface area contributed by atoms with Gasteiger partial charge in [0.25, 0.3) is 5.91 Å². The van der Waals surface area contributed by atoms with Crippen LogP contribution in [0, 0.1) is 6.92 Å². The van der Waals surface area contributed by atoms with Crippen molar-refractivity contribution in [2.24, 2.45) is 0 Å². The lowest BCUT2D eigenvalue weighted by molar-refractivity contribution is 0.0931. The fraction of sp³-hybridized carbons (Fsp3) is 0.200. The van der Waals surface area contributed by atoms with Crippen molar-refractivity contribution in [2.75, 3.05) is 0 Å². The summed E-state index contributed by atoms with van der Waals surface area (Å²) in [4.78, 5) is 21.3. The Kier molecular flexibility index (Phi) is 3.53. The Bertz CT molecular complexity index is 1150. The minimum atomic E-state index is -0.133. The van der Waals surface area contributed by atoms with E-state index in [1.807, 2.05) is 25.3 Å². The maximum absolute atomic E-state index is 12.8. The third-order valence-corrected chi connectivity index (χ3v) is 5.02. The summed E-state index contributed by atoms with van der Waals surface area (Å²) < 4.78 is 6.71. The van der Waals surface area contributed by atoms with Crippen molar-refractivity contribution in [1.82, 2.24) is 24.8 Å². The maximum Gasteiger partial charge on any atom is 0.270 e. The molecule has 0 radical (unpaired) electrons. The largest absolute Gasteiger partial charge is 0.364 e. The van der Waals surface area contributed by atoms with Crippen LogP contribution in [0.2, 0.25) is 0 Å². The molecule has 3 heterocycles. The van der Waals surface area contributed by atoms with E-state index in [2.05, 4.69) is 32.6 Å². The van der Waals surface area contributed by atoms with Crippen LogP contribution in [-0.2, 0) is 6.42 Å². The number of benzene rings is 1. The fourth-order valence-corrected chi connectivity index (χ4v) is 3.67. The highest BCUT2D eigenvalue weighted by Gasteiger charge is 2.26. The van der Waals surface area contributed by atoms with Gasteiger partial charge < -0.3 is 9.84 Å². The standard InChI is InChI=1S/C20H17N5O2/c1-12-11-25-18(9-22-19(25)10-21-12)20(26)23-17-5-3-13-8-14(2-4-15(13)17)16-6-7-27-24-16/h2,4,6-11,17H,3,5H2,1H3,(H,23,26)/t17-/m1/s1. The van der Waals surface area contributed by atoms with Crippen molar-refractivity contribution in [1.29, 1.82) is 0 Å². The molecule has 0 bridgehead atoms. The van der Waals surface area contributed by atoms with E-state index in [4.69, 9.17) is 4.52 Å². The van der Waals surface area contributed by atoms with Gasteiger partial charge in [-0.25, -0.2) is 4.98 Å². The number of hydrogen-bond acceptors (Lipinski definition) is 5. The van der Waals surface area contributed by atoms with Gasteiger partial charge in [0.2, 0.25) is 0 Å². The molecule has 3 aromatic heterocycles. The molecule has 27 heavy (non-hydrogen) atoms. The summed E-state index contributed by atoms with van der Waals surface area (Å²) >= 11 is 0. The molecule has 0 spiro atoms. The number of fused-ring (bicyclic) bond motifs is 2. The van der Waals surface area contributed by atoms with E-state index >= 15 is 0 Å². The molecule has 1 amide bonds. The minimum absolute atomic E-state index is 0.00709.